The van der Waals surface area contributed by atoms with Crippen LogP contribution in [-0.4, -0.2) is 57.5 Å². The van der Waals surface area contributed by atoms with Crippen LogP contribution in [0.2, 0.25) is 0 Å². The smallest absolute Gasteiger partial charge is 0.253 e. The molecule has 4 aromatic rings. The van der Waals surface area contributed by atoms with E-state index in [1.807, 2.05) is 24.3 Å². The maximum Gasteiger partial charge on any atom is 0.253 e. The number of hydrogen-bond acceptors (Lipinski definition) is 5. The van der Waals surface area contributed by atoms with Crippen LogP contribution in [0.1, 0.15) is 33.6 Å². The number of para-hydroxylation sites is 2. The summed E-state index contributed by atoms with van der Waals surface area (Å²) in [5.41, 5.74) is 1.82. The molecule has 2 aromatic carbocycles. The maximum atomic E-state index is 13.2. The number of carbonyl (C=O) groups is 2. The van der Waals surface area contributed by atoms with E-state index in [-0.39, 0.29) is 11.8 Å². The second-order valence-corrected chi connectivity index (χ2v) is 7.81. The highest BCUT2D eigenvalue weighted by molar-refractivity contribution is 6.06. The van der Waals surface area contributed by atoms with E-state index in [2.05, 4.69) is 31.0 Å². The van der Waals surface area contributed by atoms with E-state index in [1.54, 1.807) is 24.5 Å². The molecular weight excluding hydrogens is 396 g/mol. The van der Waals surface area contributed by atoms with Gasteiger partial charge >= 0.3 is 0 Å². The maximum absolute atomic E-state index is 13.2. The number of amides is 2. The van der Waals surface area contributed by atoms with Crippen molar-refractivity contribution in [1.29, 1.82) is 0 Å². The summed E-state index contributed by atoms with van der Waals surface area (Å²) >= 11 is 0. The van der Waals surface area contributed by atoms with Crippen molar-refractivity contribution in [2.45, 2.75) is 18.4 Å². The first kappa shape index (κ1) is 19.3. The molecule has 9 nitrogen and oxygen atoms in total. The van der Waals surface area contributed by atoms with Gasteiger partial charge in [-0.1, -0.05) is 24.3 Å². The molecule has 5 rings (SSSR count). The van der Waals surface area contributed by atoms with Crippen LogP contribution in [0.25, 0.3) is 21.8 Å². The number of aromatic nitrogens is 4. The third-order valence-corrected chi connectivity index (χ3v) is 5.86. The lowest BCUT2D eigenvalue weighted by Crippen LogP contribution is -2.58. The van der Waals surface area contributed by atoms with Gasteiger partial charge in [-0.2, -0.15) is 10.2 Å². The van der Waals surface area contributed by atoms with Gasteiger partial charge in [-0.25, -0.2) is 0 Å². The Labute approximate surface area is 177 Å². The lowest BCUT2D eigenvalue weighted by molar-refractivity contribution is 0.0353. The van der Waals surface area contributed by atoms with Crippen LogP contribution < -0.4 is 10.6 Å². The predicted octanol–water partition coefficient (Wildman–Crippen LogP) is 2.15. The van der Waals surface area contributed by atoms with E-state index < -0.39 is 5.54 Å². The Morgan fingerprint density at radius 2 is 1.48 bits per heavy atom. The Hall–Kier alpha value is -3.72. The van der Waals surface area contributed by atoms with Crippen molar-refractivity contribution in [1.82, 2.24) is 31.0 Å². The first-order chi connectivity index (χ1) is 15.2. The van der Waals surface area contributed by atoms with Crippen LogP contribution >= 0.6 is 0 Å². The van der Waals surface area contributed by atoms with Crippen molar-refractivity contribution < 1.29 is 14.3 Å². The van der Waals surface area contributed by atoms with Crippen LogP contribution in [0.3, 0.4) is 0 Å². The monoisotopic (exact) mass is 418 g/mol. The topological polar surface area (TPSA) is 125 Å². The van der Waals surface area contributed by atoms with Crippen molar-refractivity contribution in [2.75, 3.05) is 19.8 Å². The van der Waals surface area contributed by atoms with Gasteiger partial charge in [0.15, 0.2) is 0 Å². The normalized spacial score (nSPS) is 15.7. The average Bonchev–Trinajstić information content (AvgIpc) is 3.47. The molecule has 0 atom stereocenters. The van der Waals surface area contributed by atoms with Gasteiger partial charge < -0.3 is 15.4 Å². The Bertz CT molecular complexity index is 1250. The predicted molar refractivity (Wildman–Crippen MR) is 115 cm³/mol. The summed E-state index contributed by atoms with van der Waals surface area (Å²) in [5, 5.41) is 21.7. The molecule has 9 heteroatoms. The van der Waals surface area contributed by atoms with E-state index in [0.717, 1.165) is 10.8 Å². The van der Waals surface area contributed by atoms with Crippen molar-refractivity contribution in [3.05, 3.63) is 59.9 Å². The van der Waals surface area contributed by atoms with Crippen LogP contribution in [-0.2, 0) is 4.74 Å². The first-order valence-electron chi connectivity index (χ1n) is 10.2. The lowest BCUT2D eigenvalue weighted by atomic mass is 9.89. The zero-order valence-corrected chi connectivity index (χ0v) is 16.8. The summed E-state index contributed by atoms with van der Waals surface area (Å²) < 4.78 is 5.52. The third kappa shape index (κ3) is 3.64. The van der Waals surface area contributed by atoms with Gasteiger partial charge in [-0.05, 0) is 25.0 Å². The SMILES string of the molecule is O=C(NCC1(NC(=O)c2cccc3cn[nH]c23)CCOCC1)c1cccc2cn[nH]c12. The Kier molecular flexibility index (Phi) is 4.87. The van der Waals surface area contributed by atoms with Gasteiger partial charge in [0.05, 0.1) is 40.1 Å². The summed E-state index contributed by atoms with van der Waals surface area (Å²) in [7, 11) is 0. The molecule has 0 radical (unpaired) electrons. The van der Waals surface area contributed by atoms with E-state index in [0.29, 0.717) is 54.8 Å². The molecule has 2 aromatic heterocycles. The number of rotatable bonds is 5. The van der Waals surface area contributed by atoms with Crippen LogP contribution in [0.15, 0.2) is 48.8 Å². The molecule has 158 valence electrons. The molecule has 0 spiro atoms. The molecule has 1 aliphatic heterocycles. The molecule has 0 saturated carbocycles. The summed E-state index contributed by atoms with van der Waals surface area (Å²) in [6.45, 7) is 1.32. The van der Waals surface area contributed by atoms with Crippen LogP contribution in [0, 0.1) is 0 Å². The van der Waals surface area contributed by atoms with E-state index in [1.165, 1.54) is 0 Å². The number of hydrogen-bond donors (Lipinski definition) is 4. The van der Waals surface area contributed by atoms with Gasteiger partial charge in [0.2, 0.25) is 0 Å². The number of carbonyl (C=O) groups excluding carboxylic acids is 2. The highest BCUT2D eigenvalue weighted by Crippen LogP contribution is 2.23. The molecule has 4 N–H and O–H groups in total. The Balaban J connectivity index is 1.36. The van der Waals surface area contributed by atoms with Gasteiger partial charge in [-0.3, -0.25) is 19.8 Å². The number of H-pyrrole nitrogens is 2. The number of nitrogens with one attached hydrogen (secondary N) is 4. The molecule has 1 fully saturated rings. The Morgan fingerprint density at radius 3 is 2.10 bits per heavy atom. The fourth-order valence-electron chi connectivity index (χ4n) is 4.08. The highest BCUT2D eigenvalue weighted by atomic mass is 16.5. The highest BCUT2D eigenvalue weighted by Gasteiger charge is 2.35. The Morgan fingerprint density at radius 1 is 0.903 bits per heavy atom. The third-order valence-electron chi connectivity index (χ3n) is 5.86. The zero-order valence-electron chi connectivity index (χ0n) is 16.8. The van der Waals surface area contributed by atoms with Gasteiger partial charge in [0, 0.05) is 30.5 Å². The fourth-order valence-corrected chi connectivity index (χ4v) is 4.08. The van der Waals surface area contributed by atoms with Gasteiger partial charge in [0.25, 0.3) is 11.8 Å². The molecule has 0 aliphatic carbocycles. The minimum Gasteiger partial charge on any atom is -0.381 e. The van der Waals surface area contributed by atoms with E-state index >= 15 is 0 Å². The molecule has 3 heterocycles. The van der Waals surface area contributed by atoms with Crippen molar-refractivity contribution in [3.63, 3.8) is 0 Å². The molecule has 0 bridgehead atoms. The minimum absolute atomic E-state index is 0.207. The second kappa shape index (κ2) is 7.84. The number of ether oxygens (including phenoxy) is 1. The van der Waals surface area contributed by atoms with Crippen molar-refractivity contribution in [3.8, 4) is 0 Å². The lowest BCUT2D eigenvalue weighted by Gasteiger charge is -2.38. The van der Waals surface area contributed by atoms with Crippen molar-refractivity contribution >= 4 is 33.6 Å². The molecule has 1 aliphatic rings. The summed E-state index contributed by atoms with van der Waals surface area (Å²) in [6, 6.07) is 11.0. The number of fused-ring (bicyclic) bond motifs is 2. The van der Waals surface area contributed by atoms with Gasteiger partial charge in [-0.15, -0.1) is 0 Å². The largest absolute Gasteiger partial charge is 0.381 e. The summed E-state index contributed by atoms with van der Waals surface area (Å²) in [6.07, 6.45) is 4.58. The van der Waals surface area contributed by atoms with Crippen LogP contribution in [0.4, 0.5) is 0 Å². The molecule has 2 amide bonds. The fraction of sp³-hybridized carbons (Fsp3) is 0.273. The minimum atomic E-state index is -0.602. The molecule has 1 saturated heterocycles. The first-order valence-corrected chi connectivity index (χ1v) is 10.2. The van der Waals surface area contributed by atoms with E-state index in [9.17, 15) is 9.59 Å². The van der Waals surface area contributed by atoms with E-state index in [4.69, 9.17) is 4.74 Å². The summed E-state index contributed by atoms with van der Waals surface area (Å²) in [5.74, 6) is -0.424. The number of aromatic amines is 2. The van der Waals surface area contributed by atoms with Crippen LogP contribution in [0.5, 0.6) is 0 Å². The molecule has 31 heavy (non-hydrogen) atoms. The zero-order chi connectivity index (χ0) is 21.3. The number of benzene rings is 2. The molecular formula is C22H22N6O3. The summed E-state index contributed by atoms with van der Waals surface area (Å²) in [4.78, 5) is 26.1. The van der Waals surface area contributed by atoms with Crippen molar-refractivity contribution in [2.24, 2.45) is 0 Å². The quantitative estimate of drug-likeness (QED) is 0.395. The second-order valence-electron chi connectivity index (χ2n) is 7.81. The average molecular weight is 418 g/mol. The molecule has 0 unspecified atom stereocenters. The number of nitrogens with zero attached hydrogens (tertiary/aromatic N) is 2. The van der Waals surface area contributed by atoms with Gasteiger partial charge in [0.1, 0.15) is 0 Å². The standard InChI is InChI=1S/C22H22N6O3/c29-20(16-5-1-3-14-11-24-27-18(14)16)23-13-22(7-9-31-10-8-22)26-21(30)17-6-2-4-15-12-25-28-19(15)17/h1-6,11-12H,7-10,13H2,(H,23,29)(H,24,27)(H,25,28)(H,26,30).